The number of benzene rings is 1. The van der Waals surface area contributed by atoms with Gasteiger partial charge in [-0.05, 0) is 24.3 Å². The molecule has 0 aliphatic carbocycles. The summed E-state index contributed by atoms with van der Waals surface area (Å²) in [5.41, 5.74) is 0.800. The normalized spacial score (nSPS) is 17.5. The zero-order valence-corrected chi connectivity index (χ0v) is 13.5. The molecule has 0 bridgehead atoms. The Morgan fingerprint density at radius 3 is 2.52 bits per heavy atom. The summed E-state index contributed by atoms with van der Waals surface area (Å²) < 4.78 is 1.68. The molecule has 7 nitrogen and oxygen atoms in total. The fraction of sp³-hybridized carbons (Fsp3) is 0.333. The van der Waals surface area contributed by atoms with Crippen LogP contribution in [0, 0.1) is 0 Å². The molecule has 2 heterocycles. The second-order valence-corrected chi connectivity index (χ2v) is 6.09. The lowest BCUT2D eigenvalue weighted by molar-refractivity contribution is -0.120. The molecule has 1 saturated heterocycles. The van der Waals surface area contributed by atoms with Crippen molar-refractivity contribution in [3.63, 3.8) is 0 Å². The maximum absolute atomic E-state index is 11.8. The van der Waals surface area contributed by atoms with Crippen LogP contribution in [0.25, 0.3) is 5.69 Å². The zero-order valence-electron chi connectivity index (χ0n) is 12.7. The molecule has 2 aromatic rings. The van der Waals surface area contributed by atoms with E-state index in [4.69, 9.17) is 11.6 Å². The molecule has 1 aromatic heterocycles. The molecule has 23 heavy (non-hydrogen) atoms. The molecular formula is C15H16ClN5O2. The van der Waals surface area contributed by atoms with Gasteiger partial charge in [0.15, 0.2) is 5.82 Å². The summed E-state index contributed by atoms with van der Waals surface area (Å²) in [6.45, 7) is 3.99. The van der Waals surface area contributed by atoms with Crippen LogP contribution < -0.4 is 10.6 Å². The monoisotopic (exact) mass is 333 g/mol. The van der Waals surface area contributed by atoms with Crippen LogP contribution in [0.5, 0.6) is 0 Å². The molecule has 1 atom stereocenters. The number of imide groups is 1. The van der Waals surface area contributed by atoms with E-state index in [0.29, 0.717) is 16.7 Å². The van der Waals surface area contributed by atoms with Gasteiger partial charge in [-0.3, -0.25) is 10.1 Å². The average Bonchev–Trinajstić information content (AvgIpc) is 3.04. The topological polar surface area (TPSA) is 88.9 Å². The van der Waals surface area contributed by atoms with Crippen LogP contribution in [-0.2, 0) is 11.2 Å². The van der Waals surface area contributed by atoms with Crippen LogP contribution in [0.4, 0.5) is 4.79 Å². The highest BCUT2D eigenvalue weighted by atomic mass is 35.5. The number of halogens is 1. The molecule has 0 spiro atoms. The Morgan fingerprint density at radius 1 is 1.26 bits per heavy atom. The van der Waals surface area contributed by atoms with Crippen LogP contribution in [0.15, 0.2) is 24.3 Å². The number of nitrogens with zero attached hydrogens (tertiary/aromatic N) is 3. The molecule has 8 heteroatoms. The van der Waals surface area contributed by atoms with E-state index in [1.54, 1.807) is 16.8 Å². The number of hydrogen-bond acceptors (Lipinski definition) is 4. The maximum Gasteiger partial charge on any atom is 0.322 e. The summed E-state index contributed by atoms with van der Waals surface area (Å²) >= 11 is 5.92. The second kappa shape index (κ2) is 6.00. The molecule has 2 N–H and O–H groups in total. The zero-order chi connectivity index (χ0) is 16.6. The highest BCUT2D eigenvalue weighted by Gasteiger charge is 2.31. The molecule has 0 saturated carbocycles. The van der Waals surface area contributed by atoms with E-state index in [0.717, 1.165) is 5.69 Å². The van der Waals surface area contributed by atoms with Crippen molar-refractivity contribution in [2.24, 2.45) is 0 Å². The minimum absolute atomic E-state index is 0.147. The average molecular weight is 334 g/mol. The number of carbonyl (C=O) groups excluding carboxylic acids is 2. The standard InChI is InChI=1S/C15H16ClN5O2/c1-8(2)13-18-12(7-11-14(22)19-15(23)17-11)21(20-13)10-5-3-9(16)4-6-10/h3-6,8,11H,7H2,1-2H3,(H2,17,19,22,23). The predicted octanol–water partition coefficient (Wildman–Crippen LogP) is 1.79. The summed E-state index contributed by atoms with van der Waals surface area (Å²) in [5.74, 6) is 1.08. The first kappa shape index (κ1) is 15.5. The van der Waals surface area contributed by atoms with Crippen LogP contribution in [0.3, 0.4) is 0 Å². The molecule has 1 aliphatic heterocycles. The van der Waals surface area contributed by atoms with Crippen molar-refractivity contribution in [1.82, 2.24) is 25.4 Å². The first-order valence-corrected chi connectivity index (χ1v) is 7.65. The Balaban J connectivity index is 1.96. The van der Waals surface area contributed by atoms with Crippen LogP contribution in [-0.4, -0.2) is 32.7 Å². The smallest absolute Gasteiger partial charge is 0.322 e. The largest absolute Gasteiger partial charge is 0.326 e. The number of rotatable bonds is 4. The Kier molecular flexibility index (Phi) is 4.04. The molecule has 120 valence electrons. The number of urea groups is 1. The molecule has 1 aliphatic rings. The van der Waals surface area contributed by atoms with Crippen molar-refractivity contribution in [3.8, 4) is 5.69 Å². The van der Waals surface area contributed by atoms with Gasteiger partial charge in [0.1, 0.15) is 11.9 Å². The summed E-state index contributed by atoms with van der Waals surface area (Å²) in [5, 5.41) is 9.94. The van der Waals surface area contributed by atoms with Gasteiger partial charge >= 0.3 is 6.03 Å². The molecular weight excluding hydrogens is 318 g/mol. The maximum atomic E-state index is 11.8. The van der Waals surface area contributed by atoms with Gasteiger partial charge in [0.25, 0.3) is 5.91 Å². The number of aromatic nitrogens is 3. The van der Waals surface area contributed by atoms with Crippen LogP contribution in [0.1, 0.15) is 31.4 Å². The number of amides is 3. The Bertz CT molecular complexity index is 754. The van der Waals surface area contributed by atoms with Gasteiger partial charge in [-0.25, -0.2) is 14.5 Å². The van der Waals surface area contributed by atoms with Gasteiger partial charge in [0.2, 0.25) is 0 Å². The Morgan fingerprint density at radius 2 is 1.96 bits per heavy atom. The minimum atomic E-state index is -0.641. The highest BCUT2D eigenvalue weighted by molar-refractivity contribution is 6.30. The van der Waals surface area contributed by atoms with Crippen LogP contribution in [0.2, 0.25) is 5.02 Å². The Hall–Kier alpha value is -2.41. The van der Waals surface area contributed by atoms with Gasteiger partial charge in [0, 0.05) is 17.4 Å². The van der Waals surface area contributed by atoms with E-state index in [1.165, 1.54) is 0 Å². The van der Waals surface area contributed by atoms with Gasteiger partial charge in [-0.2, -0.15) is 5.10 Å². The van der Waals surface area contributed by atoms with E-state index in [1.807, 2.05) is 26.0 Å². The molecule has 3 rings (SSSR count). The molecule has 0 radical (unpaired) electrons. The van der Waals surface area contributed by atoms with Crippen molar-refractivity contribution < 1.29 is 9.59 Å². The van der Waals surface area contributed by atoms with Crippen molar-refractivity contribution in [2.75, 3.05) is 0 Å². The fourth-order valence-electron chi connectivity index (χ4n) is 2.31. The third kappa shape index (κ3) is 3.19. The third-order valence-electron chi connectivity index (χ3n) is 3.52. The summed E-state index contributed by atoms with van der Waals surface area (Å²) in [6.07, 6.45) is 0.264. The van der Waals surface area contributed by atoms with Gasteiger partial charge in [0.05, 0.1) is 5.69 Å². The fourth-order valence-corrected chi connectivity index (χ4v) is 2.44. The third-order valence-corrected chi connectivity index (χ3v) is 3.78. The molecule has 3 amide bonds. The predicted molar refractivity (Wildman–Crippen MR) is 84.6 cm³/mol. The minimum Gasteiger partial charge on any atom is -0.326 e. The van der Waals surface area contributed by atoms with Gasteiger partial charge in [-0.1, -0.05) is 25.4 Å². The molecule has 1 unspecified atom stereocenters. The van der Waals surface area contributed by atoms with E-state index in [-0.39, 0.29) is 18.2 Å². The number of nitrogens with one attached hydrogen (secondary N) is 2. The molecule has 1 fully saturated rings. The van der Waals surface area contributed by atoms with E-state index in [2.05, 4.69) is 20.7 Å². The number of carbonyl (C=O) groups is 2. The van der Waals surface area contributed by atoms with E-state index >= 15 is 0 Å². The van der Waals surface area contributed by atoms with Crippen molar-refractivity contribution in [3.05, 3.63) is 40.9 Å². The van der Waals surface area contributed by atoms with Crippen LogP contribution >= 0.6 is 11.6 Å². The highest BCUT2D eigenvalue weighted by Crippen LogP contribution is 2.18. The first-order chi connectivity index (χ1) is 10.9. The lowest BCUT2D eigenvalue weighted by Gasteiger charge is -2.09. The second-order valence-electron chi connectivity index (χ2n) is 5.65. The first-order valence-electron chi connectivity index (χ1n) is 7.27. The van der Waals surface area contributed by atoms with E-state index in [9.17, 15) is 9.59 Å². The quantitative estimate of drug-likeness (QED) is 0.835. The number of hydrogen-bond donors (Lipinski definition) is 2. The van der Waals surface area contributed by atoms with E-state index < -0.39 is 12.1 Å². The van der Waals surface area contributed by atoms with Crippen molar-refractivity contribution in [2.45, 2.75) is 32.2 Å². The Labute approximate surface area is 138 Å². The summed E-state index contributed by atoms with van der Waals surface area (Å²) in [7, 11) is 0. The SMILES string of the molecule is CC(C)c1nc(CC2NC(=O)NC2=O)n(-c2ccc(Cl)cc2)n1. The lowest BCUT2D eigenvalue weighted by atomic mass is 10.2. The summed E-state index contributed by atoms with van der Waals surface area (Å²) in [6, 6.07) is 6.07. The van der Waals surface area contributed by atoms with Gasteiger partial charge < -0.3 is 5.32 Å². The molecule has 1 aromatic carbocycles. The van der Waals surface area contributed by atoms with Crippen molar-refractivity contribution >= 4 is 23.5 Å². The summed E-state index contributed by atoms with van der Waals surface area (Å²) in [4.78, 5) is 27.5. The van der Waals surface area contributed by atoms with Crippen molar-refractivity contribution in [1.29, 1.82) is 0 Å². The van der Waals surface area contributed by atoms with Gasteiger partial charge in [-0.15, -0.1) is 0 Å². The lowest BCUT2D eigenvalue weighted by Crippen LogP contribution is -2.32.